The molecule has 0 radical (unpaired) electrons. The van der Waals surface area contributed by atoms with Crippen LogP contribution in [0.2, 0.25) is 0 Å². The summed E-state index contributed by atoms with van der Waals surface area (Å²) in [6.07, 6.45) is 4.89. The van der Waals surface area contributed by atoms with Crippen LogP contribution in [0.4, 0.5) is 5.82 Å². The van der Waals surface area contributed by atoms with Crippen LogP contribution >= 0.6 is 21.6 Å². The van der Waals surface area contributed by atoms with Gasteiger partial charge in [-0.3, -0.25) is 9.59 Å². The standard InChI is InChI=1S/C17H26N4O3S2/c1-11(2)17(23)24-7-6-15(26-25-5)12(3)21(10-22)9-14-8-19-13(4)20-16(14)18/h8,10-11H,6-7,9H2,1-5H3,(H2,18,19,20)/b15-12+. The second kappa shape index (κ2) is 11.1. The van der Waals surface area contributed by atoms with E-state index < -0.39 is 0 Å². The number of ether oxygens (including phenoxy) is 1. The number of aromatic nitrogens is 2. The molecule has 26 heavy (non-hydrogen) atoms. The fraction of sp³-hybridized carbons (Fsp3) is 0.529. The van der Waals surface area contributed by atoms with Crippen LogP contribution in [0.5, 0.6) is 0 Å². The molecule has 1 heterocycles. The van der Waals surface area contributed by atoms with Crippen LogP contribution in [0, 0.1) is 12.8 Å². The summed E-state index contributed by atoms with van der Waals surface area (Å²) >= 11 is 0. The highest BCUT2D eigenvalue weighted by molar-refractivity contribution is 8.77. The first-order valence-electron chi connectivity index (χ1n) is 8.17. The number of hydrogen-bond acceptors (Lipinski definition) is 8. The van der Waals surface area contributed by atoms with Crippen molar-refractivity contribution in [3.05, 3.63) is 28.2 Å². The highest BCUT2D eigenvalue weighted by atomic mass is 33.1. The molecule has 144 valence electrons. The van der Waals surface area contributed by atoms with Gasteiger partial charge in [0.25, 0.3) is 0 Å². The van der Waals surface area contributed by atoms with Crippen molar-refractivity contribution in [3.8, 4) is 0 Å². The van der Waals surface area contributed by atoms with E-state index in [0.29, 0.717) is 23.6 Å². The Hall–Kier alpha value is -1.74. The van der Waals surface area contributed by atoms with E-state index in [9.17, 15) is 9.59 Å². The number of carbonyl (C=O) groups excluding carboxylic acids is 2. The summed E-state index contributed by atoms with van der Waals surface area (Å²) < 4.78 is 5.25. The van der Waals surface area contributed by atoms with Gasteiger partial charge in [-0.1, -0.05) is 35.4 Å². The summed E-state index contributed by atoms with van der Waals surface area (Å²) in [5, 5.41) is 0. The monoisotopic (exact) mass is 398 g/mol. The largest absolute Gasteiger partial charge is 0.465 e. The fourth-order valence-corrected chi connectivity index (χ4v) is 3.83. The molecular formula is C17H26N4O3S2. The number of nitrogens with two attached hydrogens (primary N) is 1. The number of esters is 1. The second-order valence-corrected chi connectivity index (χ2v) is 8.38. The third-order valence-corrected chi connectivity index (χ3v) is 5.52. The quantitative estimate of drug-likeness (QED) is 0.364. The molecule has 0 spiro atoms. The average molecular weight is 399 g/mol. The molecule has 1 aromatic rings. The number of carbonyl (C=O) groups is 2. The predicted octanol–water partition coefficient (Wildman–Crippen LogP) is 3.16. The lowest BCUT2D eigenvalue weighted by Crippen LogP contribution is -2.22. The zero-order valence-corrected chi connectivity index (χ0v) is 17.4. The number of nitrogens with zero attached hydrogens (tertiary/aromatic N) is 3. The van der Waals surface area contributed by atoms with Crippen molar-refractivity contribution in [1.29, 1.82) is 0 Å². The number of hydrogen-bond donors (Lipinski definition) is 1. The Morgan fingerprint density at radius 3 is 2.69 bits per heavy atom. The van der Waals surface area contributed by atoms with Crippen LogP contribution < -0.4 is 5.73 Å². The molecule has 0 aliphatic rings. The van der Waals surface area contributed by atoms with Crippen molar-refractivity contribution in [1.82, 2.24) is 14.9 Å². The van der Waals surface area contributed by atoms with Gasteiger partial charge in [0, 0.05) is 28.8 Å². The molecule has 0 atom stereocenters. The van der Waals surface area contributed by atoms with Crippen LogP contribution in [-0.4, -0.2) is 40.1 Å². The Kier molecular flexibility index (Phi) is 9.50. The van der Waals surface area contributed by atoms with E-state index >= 15 is 0 Å². The highest BCUT2D eigenvalue weighted by Gasteiger charge is 2.15. The van der Waals surface area contributed by atoms with Gasteiger partial charge >= 0.3 is 5.97 Å². The van der Waals surface area contributed by atoms with E-state index in [0.717, 1.165) is 17.0 Å². The number of amides is 1. The summed E-state index contributed by atoms with van der Waals surface area (Å²) in [7, 11) is 3.12. The number of nitrogen functional groups attached to an aromatic ring is 1. The predicted molar refractivity (Wildman–Crippen MR) is 107 cm³/mol. The van der Waals surface area contributed by atoms with Crippen molar-refractivity contribution in [2.45, 2.75) is 40.7 Å². The van der Waals surface area contributed by atoms with E-state index in [1.807, 2.05) is 13.2 Å². The number of rotatable bonds is 10. The molecular weight excluding hydrogens is 372 g/mol. The van der Waals surface area contributed by atoms with Crippen LogP contribution in [0.25, 0.3) is 0 Å². The molecule has 1 aromatic heterocycles. The van der Waals surface area contributed by atoms with E-state index in [2.05, 4.69) is 9.97 Å². The minimum absolute atomic E-state index is 0.160. The first-order chi connectivity index (χ1) is 12.3. The molecule has 2 N–H and O–H groups in total. The fourth-order valence-electron chi connectivity index (χ4n) is 2.01. The van der Waals surface area contributed by atoms with Gasteiger partial charge in [0.1, 0.15) is 11.6 Å². The molecule has 0 fully saturated rings. The Morgan fingerprint density at radius 2 is 2.15 bits per heavy atom. The molecule has 0 aliphatic heterocycles. The summed E-state index contributed by atoms with van der Waals surface area (Å²) in [4.78, 5) is 34.0. The van der Waals surface area contributed by atoms with Crippen molar-refractivity contribution in [2.75, 3.05) is 18.6 Å². The molecule has 7 nitrogen and oxygen atoms in total. The molecule has 0 saturated heterocycles. The van der Waals surface area contributed by atoms with E-state index in [1.165, 1.54) is 0 Å². The minimum atomic E-state index is -0.229. The van der Waals surface area contributed by atoms with Gasteiger partial charge in [-0.05, 0) is 20.1 Å². The smallest absolute Gasteiger partial charge is 0.308 e. The summed E-state index contributed by atoms with van der Waals surface area (Å²) in [6, 6.07) is 0. The van der Waals surface area contributed by atoms with Gasteiger partial charge in [-0.15, -0.1) is 0 Å². The first kappa shape index (κ1) is 22.3. The number of anilines is 1. The normalized spacial score (nSPS) is 11.9. The molecule has 0 aliphatic carbocycles. The lowest BCUT2D eigenvalue weighted by atomic mass is 10.2. The zero-order chi connectivity index (χ0) is 19.7. The van der Waals surface area contributed by atoms with Crippen molar-refractivity contribution >= 4 is 39.8 Å². The van der Waals surface area contributed by atoms with Gasteiger partial charge in [-0.2, -0.15) is 0 Å². The molecule has 0 saturated carbocycles. The SMILES string of the molecule is CSS/C(CCOC(=O)C(C)C)=C(\C)N(C=O)Cc1cnc(C)nc1N. The van der Waals surface area contributed by atoms with Crippen LogP contribution in [0.3, 0.4) is 0 Å². The van der Waals surface area contributed by atoms with Crippen LogP contribution in [-0.2, 0) is 20.9 Å². The third kappa shape index (κ3) is 6.87. The molecule has 9 heteroatoms. The molecule has 0 aromatic carbocycles. The minimum Gasteiger partial charge on any atom is -0.465 e. The second-order valence-electron chi connectivity index (χ2n) is 5.89. The van der Waals surface area contributed by atoms with E-state index in [4.69, 9.17) is 10.5 Å². The topological polar surface area (TPSA) is 98.4 Å². The number of allylic oxidation sites excluding steroid dienone is 1. The van der Waals surface area contributed by atoms with Crippen molar-refractivity contribution in [3.63, 3.8) is 0 Å². The van der Waals surface area contributed by atoms with Crippen molar-refractivity contribution < 1.29 is 14.3 Å². The number of aryl methyl sites for hydroxylation is 1. The lowest BCUT2D eigenvalue weighted by Gasteiger charge is -2.22. The Labute approximate surface area is 162 Å². The van der Waals surface area contributed by atoms with Crippen LogP contribution in [0.15, 0.2) is 16.8 Å². The summed E-state index contributed by atoms with van der Waals surface area (Å²) in [5.41, 5.74) is 7.40. The molecule has 1 amide bonds. The third-order valence-electron chi connectivity index (χ3n) is 3.55. The van der Waals surface area contributed by atoms with Crippen LogP contribution in [0.1, 0.15) is 38.6 Å². The summed E-state index contributed by atoms with van der Waals surface area (Å²) in [6.45, 7) is 7.77. The summed E-state index contributed by atoms with van der Waals surface area (Å²) in [5.74, 6) is 0.560. The van der Waals surface area contributed by atoms with Gasteiger partial charge in [0.15, 0.2) is 0 Å². The van der Waals surface area contributed by atoms with E-state index in [1.54, 1.807) is 53.5 Å². The Morgan fingerprint density at radius 1 is 1.46 bits per heavy atom. The maximum Gasteiger partial charge on any atom is 0.308 e. The maximum atomic E-state index is 11.6. The maximum absolute atomic E-state index is 11.6. The first-order valence-corrected chi connectivity index (χ1v) is 10.7. The average Bonchev–Trinajstić information content (AvgIpc) is 2.59. The molecule has 0 unspecified atom stereocenters. The Bertz CT molecular complexity index is 665. The molecule has 0 bridgehead atoms. The van der Waals surface area contributed by atoms with Gasteiger partial charge in [-0.25, -0.2) is 9.97 Å². The van der Waals surface area contributed by atoms with Gasteiger partial charge in [0.2, 0.25) is 6.41 Å². The zero-order valence-electron chi connectivity index (χ0n) is 15.8. The van der Waals surface area contributed by atoms with Gasteiger partial charge in [0.05, 0.1) is 19.1 Å². The highest BCUT2D eigenvalue weighted by Crippen LogP contribution is 2.33. The van der Waals surface area contributed by atoms with E-state index in [-0.39, 0.29) is 25.0 Å². The molecule has 1 rings (SSSR count). The Balaban J connectivity index is 2.90. The lowest BCUT2D eigenvalue weighted by molar-refractivity contribution is -0.147. The van der Waals surface area contributed by atoms with Crippen molar-refractivity contribution in [2.24, 2.45) is 5.92 Å². The van der Waals surface area contributed by atoms with Gasteiger partial charge < -0.3 is 15.4 Å².